The maximum Gasteiger partial charge on any atom is 0.243 e. The van der Waals surface area contributed by atoms with Gasteiger partial charge in [0.2, 0.25) is 5.95 Å². The molecule has 0 bridgehead atoms. The van der Waals surface area contributed by atoms with Gasteiger partial charge in [0, 0.05) is 30.3 Å². The largest absolute Gasteiger partial charge is 0.497 e. The molecule has 26 heavy (non-hydrogen) atoms. The van der Waals surface area contributed by atoms with Crippen molar-refractivity contribution in [2.45, 2.75) is 45.7 Å². The number of hydrogen-bond donors (Lipinski definition) is 1. The van der Waals surface area contributed by atoms with Gasteiger partial charge in [0.05, 0.1) is 12.8 Å². The molecule has 1 aliphatic rings. The van der Waals surface area contributed by atoms with Gasteiger partial charge >= 0.3 is 0 Å². The lowest BCUT2D eigenvalue weighted by molar-refractivity contribution is 0.174. The second-order valence-corrected chi connectivity index (χ2v) is 6.99. The molecule has 1 aromatic heterocycles. The van der Waals surface area contributed by atoms with E-state index < -0.39 is 5.82 Å². The van der Waals surface area contributed by atoms with Gasteiger partial charge in [0.25, 0.3) is 0 Å². The van der Waals surface area contributed by atoms with Crippen molar-refractivity contribution in [2.24, 2.45) is 0 Å². The Kier molecular flexibility index (Phi) is 5.66. The summed E-state index contributed by atoms with van der Waals surface area (Å²) in [7, 11) is 1.51. The van der Waals surface area contributed by atoms with Crippen LogP contribution in [0.3, 0.4) is 0 Å². The predicted octanol–water partition coefficient (Wildman–Crippen LogP) is 3.28. The van der Waals surface area contributed by atoms with Crippen LogP contribution in [0.2, 0.25) is 0 Å². The van der Waals surface area contributed by atoms with E-state index in [-0.39, 0.29) is 0 Å². The first kappa shape index (κ1) is 18.5. The Morgan fingerprint density at radius 2 is 2.12 bits per heavy atom. The molecule has 0 spiro atoms. The number of rotatable bonds is 5. The standard InChI is InChI=1S/C19H26FN5O/c1-12(2)25-9-5-6-14(11-25)22-19-21-13(3)18(23-24-19)16-8-7-15(26-4)10-17(16)20/h7-8,10,12,14H,5-6,9,11H2,1-4H3,(H,21,22,24). The molecule has 1 fully saturated rings. The zero-order chi connectivity index (χ0) is 18.7. The number of likely N-dealkylation sites (tertiary alicyclic amines) is 1. The molecule has 1 saturated heterocycles. The molecule has 1 N–H and O–H groups in total. The first-order chi connectivity index (χ1) is 12.5. The third kappa shape index (κ3) is 4.09. The van der Waals surface area contributed by atoms with E-state index in [0.29, 0.717) is 40.7 Å². The average molecular weight is 359 g/mol. The van der Waals surface area contributed by atoms with E-state index in [1.807, 2.05) is 6.92 Å². The van der Waals surface area contributed by atoms with Gasteiger partial charge in [-0.25, -0.2) is 9.37 Å². The maximum absolute atomic E-state index is 14.3. The molecule has 6 nitrogen and oxygen atoms in total. The van der Waals surface area contributed by atoms with E-state index in [4.69, 9.17) is 4.74 Å². The quantitative estimate of drug-likeness (QED) is 0.884. The minimum absolute atomic E-state index is 0.302. The Labute approximate surface area is 153 Å². The monoisotopic (exact) mass is 359 g/mol. The van der Waals surface area contributed by atoms with Crippen LogP contribution in [0.5, 0.6) is 5.75 Å². The van der Waals surface area contributed by atoms with Crippen LogP contribution in [-0.4, -0.2) is 52.4 Å². The summed E-state index contributed by atoms with van der Waals surface area (Å²) in [6.45, 7) is 8.34. The Balaban J connectivity index is 1.75. The summed E-state index contributed by atoms with van der Waals surface area (Å²) >= 11 is 0. The number of hydrogen-bond acceptors (Lipinski definition) is 6. The van der Waals surface area contributed by atoms with E-state index in [1.165, 1.54) is 13.2 Å². The molecule has 2 heterocycles. The van der Waals surface area contributed by atoms with Crippen molar-refractivity contribution in [1.82, 2.24) is 20.1 Å². The lowest BCUT2D eigenvalue weighted by Gasteiger charge is -2.35. The average Bonchev–Trinajstić information content (AvgIpc) is 2.62. The summed E-state index contributed by atoms with van der Waals surface area (Å²) in [6, 6.07) is 5.51. The topological polar surface area (TPSA) is 63.2 Å². The van der Waals surface area contributed by atoms with Gasteiger partial charge in [-0.15, -0.1) is 10.2 Å². The number of anilines is 1. The van der Waals surface area contributed by atoms with Crippen molar-refractivity contribution >= 4 is 5.95 Å². The summed E-state index contributed by atoms with van der Waals surface area (Å²) in [5, 5.41) is 11.8. The normalized spacial score (nSPS) is 18.2. The number of ether oxygens (including phenoxy) is 1. The number of nitrogens with one attached hydrogen (secondary N) is 1. The zero-order valence-corrected chi connectivity index (χ0v) is 15.8. The smallest absolute Gasteiger partial charge is 0.243 e. The fraction of sp³-hybridized carbons (Fsp3) is 0.526. The number of aromatic nitrogens is 3. The van der Waals surface area contributed by atoms with Crippen LogP contribution < -0.4 is 10.1 Å². The molecular formula is C19H26FN5O. The van der Waals surface area contributed by atoms with E-state index >= 15 is 0 Å². The van der Waals surface area contributed by atoms with Crippen LogP contribution in [0.25, 0.3) is 11.3 Å². The molecule has 1 unspecified atom stereocenters. The zero-order valence-electron chi connectivity index (χ0n) is 15.8. The number of halogens is 1. The molecule has 1 aliphatic heterocycles. The van der Waals surface area contributed by atoms with Gasteiger partial charge in [-0.1, -0.05) is 0 Å². The second-order valence-electron chi connectivity index (χ2n) is 6.99. The van der Waals surface area contributed by atoms with E-state index in [2.05, 4.69) is 39.2 Å². The SMILES string of the molecule is COc1ccc(-c2nnc(NC3CCCN(C(C)C)C3)nc2C)c(F)c1. The van der Waals surface area contributed by atoms with Gasteiger partial charge in [-0.3, -0.25) is 4.90 Å². The van der Waals surface area contributed by atoms with Crippen LogP contribution in [-0.2, 0) is 0 Å². The molecule has 1 atom stereocenters. The summed E-state index contributed by atoms with van der Waals surface area (Å²) in [5.74, 6) is 0.565. The predicted molar refractivity (Wildman–Crippen MR) is 99.9 cm³/mol. The Hall–Kier alpha value is -2.28. The van der Waals surface area contributed by atoms with Crippen molar-refractivity contribution in [3.05, 3.63) is 29.7 Å². The van der Waals surface area contributed by atoms with Crippen molar-refractivity contribution in [3.8, 4) is 17.0 Å². The third-order valence-corrected chi connectivity index (χ3v) is 4.81. The molecule has 3 rings (SSSR count). The van der Waals surface area contributed by atoms with Crippen molar-refractivity contribution < 1.29 is 9.13 Å². The first-order valence-electron chi connectivity index (χ1n) is 9.03. The molecule has 0 saturated carbocycles. The first-order valence-corrected chi connectivity index (χ1v) is 9.03. The molecule has 1 aromatic carbocycles. The highest BCUT2D eigenvalue weighted by molar-refractivity contribution is 5.63. The summed E-state index contributed by atoms with van der Waals surface area (Å²) in [6.07, 6.45) is 2.23. The number of benzene rings is 1. The lowest BCUT2D eigenvalue weighted by Crippen LogP contribution is -2.45. The Bertz CT molecular complexity index is 768. The third-order valence-electron chi connectivity index (χ3n) is 4.81. The van der Waals surface area contributed by atoms with Crippen LogP contribution >= 0.6 is 0 Å². The fourth-order valence-electron chi connectivity index (χ4n) is 3.30. The van der Waals surface area contributed by atoms with Crippen molar-refractivity contribution in [3.63, 3.8) is 0 Å². The minimum atomic E-state index is -0.399. The number of methoxy groups -OCH3 is 1. The summed E-state index contributed by atoms with van der Waals surface area (Å²) < 4.78 is 19.3. The number of aryl methyl sites for hydroxylation is 1. The van der Waals surface area contributed by atoms with Crippen molar-refractivity contribution in [2.75, 3.05) is 25.5 Å². The highest BCUT2D eigenvalue weighted by Gasteiger charge is 2.22. The molecule has 0 aliphatic carbocycles. The maximum atomic E-state index is 14.3. The molecule has 0 radical (unpaired) electrons. The summed E-state index contributed by atoms with van der Waals surface area (Å²) in [4.78, 5) is 6.94. The van der Waals surface area contributed by atoms with Gasteiger partial charge in [0.1, 0.15) is 17.3 Å². The second kappa shape index (κ2) is 7.95. The van der Waals surface area contributed by atoms with Crippen LogP contribution in [0.15, 0.2) is 18.2 Å². The Morgan fingerprint density at radius 3 is 2.77 bits per heavy atom. The van der Waals surface area contributed by atoms with Gasteiger partial charge in [-0.05, 0) is 52.3 Å². The lowest BCUT2D eigenvalue weighted by atomic mass is 10.0. The fourth-order valence-corrected chi connectivity index (χ4v) is 3.30. The van der Waals surface area contributed by atoms with Gasteiger partial charge in [-0.2, -0.15) is 0 Å². The van der Waals surface area contributed by atoms with Crippen LogP contribution in [0.4, 0.5) is 10.3 Å². The van der Waals surface area contributed by atoms with E-state index in [1.54, 1.807) is 12.1 Å². The molecular weight excluding hydrogens is 333 g/mol. The van der Waals surface area contributed by atoms with Gasteiger partial charge in [0.15, 0.2) is 0 Å². The summed E-state index contributed by atoms with van der Waals surface area (Å²) in [5.41, 5.74) is 1.46. The van der Waals surface area contributed by atoms with Gasteiger partial charge < -0.3 is 10.1 Å². The number of nitrogens with zero attached hydrogens (tertiary/aromatic N) is 4. The van der Waals surface area contributed by atoms with E-state index in [0.717, 1.165) is 25.9 Å². The molecule has 0 amide bonds. The molecule has 7 heteroatoms. The van der Waals surface area contributed by atoms with E-state index in [9.17, 15) is 4.39 Å². The number of piperidine rings is 1. The van der Waals surface area contributed by atoms with Crippen LogP contribution in [0, 0.1) is 12.7 Å². The highest BCUT2D eigenvalue weighted by Crippen LogP contribution is 2.26. The highest BCUT2D eigenvalue weighted by atomic mass is 19.1. The minimum Gasteiger partial charge on any atom is -0.497 e. The van der Waals surface area contributed by atoms with Crippen LogP contribution in [0.1, 0.15) is 32.4 Å². The Morgan fingerprint density at radius 1 is 1.31 bits per heavy atom. The van der Waals surface area contributed by atoms with Crippen molar-refractivity contribution in [1.29, 1.82) is 0 Å². The molecule has 2 aromatic rings. The molecule has 140 valence electrons.